The number of ketones is 1. The van der Waals surface area contributed by atoms with Gasteiger partial charge in [-0.05, 0) is 30.3 Å². The molecule has 0 aliphatic rings. The van der Waals surface area contributed by atoms with Gasteiger partial charge in [-0.2, -0.15) is 0 Å². The average Bonchev–Trinajstić information content (AvgIpc) is 2.64. The standard InChI is InChI=1S/C18H13Cl4NO4/c19-11-5-4-10(8-13(11)21)15(24)9-27-17(26)7-6-16(25)23-14-3-1-2-12(20)18(14)22/h1-5,8H,6-7,9H2,(H,23,25). The summed E-state index contributed by atoms with van der Waals surface area (Å²) < 4.78 is 4.88. The van der Waals surface area contributed by atoms with E-state index in [0.717, 1.165) is 0 Å². The summed E-state index contributed by atoms with van der Waals surface area (Å²) in [7, 11) is 0. The van der Waals surface area contributed by atoms with Gasteiger partial charge in [-0.1, -0.05) is 52.5 Å². The summed E-state index contributed by atoms with van der Waals surface area (Å²) in [5.74, 6) is -1.56. The predicted molar refractivity (Wildman–Crippen MR) is 106 cm³/mol. The Bertz CT molecular complexity index is 886. The number of carbonyl (C=O) groups excluding carboxylic acids is 3. The Morgan fingerprint density at radius 1 is 0.889 bits per heavy atom. The molecule has 0 aliphatic carbocycles. The highest BCUT2D eigenvalue weighted by Gasteiger charge is 2.14. The molecule has 0 bridgehead atoms. The average molecular weight is 449 g/mol. The van der Waals surface area contributed by atoms with Crippen LogP contribution in [0.2, 0.25) is 20.1 Å². The van der Waals surface area contributed by atoms with Crippen LogP contribution in [0.4, 0.5) is 5.69 Å². The maximum absolute atomic E-state index is 12.0. The number of esters is 1. The van der Waals surface area contributed by atoms with E-state index in [9.17, 15) is 14.4 Å². The third-order valence-electron chi connectivity index (χ3n) is 3.39. The van der Waals surface area contributed by atoms with Gasteiger partial charge in [0.25, 0.3) is 0 Å². The maximum Gasteiger partial charge on any atom is 0.306 e. The number of ether oxygens (including phenoxy) is 1. The smallest absolute Gasteiger partial charge is 0.306 e. The number of hydrogen-bond acceptors (Lipinski definition) is 4. The van der Waals surface area contributed by atoms with E-state index in [0.29, 0.717) is 15.7 Å². The predicted octanol–water partition coefficient (Wildman–Crippen LogP) is 5.45. The molecule has 0 spiro atoms. The molecule has 2 aromatic rings. The molecule has 0 heterocycles. The Hall–Kier alpha value is -1.79. The van der Waals surface area contributed by atoms with E-state index in [1.54, 1.807) is 18.2 Å². The second kappa shape index (κ2) is 9.95. The fraction of sp³-hybridized carbons (Fsp3) is 0.167. The number of hydrogen-bond donors (Lipinski definition) is 1. The van der Waals surface area contributed by atoms with Crippen LogP contribution in [0.25, 0.3) is 0 Å². The number of benzene rings is 2. The fourth-order valence-corrected chi connectivity index (χ4v) is 2.65. The zero-order valence-electron chi connectivity index (χ0n) is 13.7. The SMILES string of the molecule is O=C(CCC(=O)OCC(=O)c1ccc(Cl)c(Cl)c1)Nc1cccc(Cl)c1Cl. The summed E-state index contributed by atoms with van der Waals surface area (Å²) in [6.07, 6.45) is -0.332. The number of halogens is 4. The van der Waals surface area contributed by atoms with Crippen molar-refractivity contribution in [3.05, 3.63) is 62.1 Å². The van der Waals surface area contributed by atoms with E-state index in [-0.39, 0.29) is 28.5 Å². The lowest BCUT2D eigenvalue weighted by Crippen LogP contribution is -2.17. The van der Waals surface area contributed by atoms with Crippen LogP contribution in [0.1, 0.15) is 23.2 Å². The summed E-state index contributed by atoms with van der Waals surface area (Å²) in [5, 5.41) is 3.61. The van der Waals surface area contributed by atoms with Crippen molar-refractivity contribution in [3.63, 3.8) is 0 Å². The molecule has 0 aromatic heterocycles. The van der Waals surface area contributed by atoms with Crippen LogP contribution in [0.3, 0.4) is 0 Å². The molecule has 2 rings (SSSR count). The van der Waals surface area contributed by atoms with Gasteiger partial charge < -0.3 is 10.1 Å². The third-order valence-corrected chi connectivity index (χ3v) is 4.95. The Labute approximate surface area is 175 Å². The maximum atomic E-state index is 12.0. The molecule has 27 heavy (non-hydrogen) atoms. The zero-order valence-corrected chi connectivity index (χ0v) is 16.8. The van der Waals surface area contributed by atoms with Gasteiger partial charge in [0.2, 0.25) is 5.91 Å². The van der Waals surface area contributed by atoms with Crippen LogP contribution in [0, 0.1) is 0 Å². The number of amides is 1. The molecule has 0 fully saturated rings. The first-order chi connectivity index (χ1) is 12.8. The van der Waals surface area contributed by atoms with Gasteiger partial charge in [0.05, 0.1) is 32.2 Å². The molecule has 0 saturated carbocycles. The Balaban J connectivity index is 1.78. The first kappa shape index (κ1) is 21.5. The molecule has 1 amide bonds. The molecule has 2 aromatic carbocycles. The van der Waals surface area contributed by atoms with Crippen LogP contribution in [-0.2, 0) is 14.3 Å². The lowest BCUT2D eigenvalue weighted by Gasteiger charge is -2.08. The summed E-state index contributed by atoms with van der Waals surface area (Å²) in [6, 6.07) is 9.15. The molecule has 1 N–H and O–H groups in total. The topological polar surface area (TPSA) is 72.5 Å². The lowest BCUT2D eigenvalue weighted by molar-refractivity contribution is -0.143. The first-order valence-electron chi connectivity index (χ1n) is 7.65. The van der Waals surface area contributed by atoms with Gasteiger partial charge in [0.15, 0.2) is 12.4 Å². The van der Waals surface area contributed by atoms with Crippen LogP contribution in [-0.4, -0.2) is 24.3 Å². The van der Waals surface area contributed by atoms with Crippen molar-refractivity contribution in [3.8, 4) is 0 Å². The van der Waals surface area contributed by atoms with Gasteiger partial charge in [0, 0.05) is 12.0 Å². The van der Waals surface area contributed by atoms with Crippen molar-refractivity contribution < 1.29 is 19.1 Å². The van der Waals surface area contributed by atoms with Crippen LogP contribution < -0.4 is 5.32 Å². The number of anilines is 1. The zero-order chi connectivity index (χ0) is 20.0. The van der Waals surface area contributed by atoms with E-state index < -0.39 is 24.3 Å². The molecule has 0 radical (unpaired) electrons. The second-order valence-corrected chi connectivity index (χ2v) is 6.96. The minimum Gasteiger partial charge on any atom is -0.457 e. The Kier molecular flexibility index (Phi) is 7.92. The van der Waals surface area contributed by atoms with E-state index in [4.69, 9.17) is 51.1 Å². The monoisotopic (exact) mass is 447 g/mol. The van der Waals surface area contributed by atoms with Gasteiger partial charge in [0.1, 0.15) is 0 Å². The lowest BCUT2D eigenvalue weighted by atomic mass is 10.1. The Morgan fingerprint density at radius 3 is 2.33 bits per heavy atom. The molecule has 0 aliphatic heterocycles. The molecule has 0 saturated heterocycles. The van der Waals surface area contributed by atoms with Crippen molar-refractivity contribution >= 4 is 69.8 Å². The molecule has 0 unspecified atom stereocenters. The number of nitrogens with one attached hydrogen (secondary N) is 1. The summed E-state index contributed by atoms with van der Waals surface area (Å²) in [6.45, 7) is -0.460. The highest BCUT2D eigenvalue weighted by atomic mass is 35.5. The molecular formula is C18H13Cl4NO4. The van der Waals surface area contributed by atoms with Crippen molar-refractivity contribution in [2.75, 3.05) is 11.9 Å². The van der Waals surface area contributed by atoms with Crippen molar-refractivity contribution in [2.24, 2.45) is 0 Å². The largest absolute Gasteiger partial charge is 0.457 e. The number of Topliss-reactive ketones (excluding diaryl/α,β-unsaturated/α-hetero) is 1. The number of carbonyl (C=O) groups is 3. The van der Waals surface area contributed by atoms with Crippen LogP contribution in [0.15, 0.2) is 36.4 Å². The molecule has 9 heteroatoms. The van der Waals surface area contributed by atoms with Gasteiger partial charge in [-0.25, -0.2) is 0 Å². The van der Waals surface area contributed by atoms with Crippen molar-refractivity contribution in [2.45, 2.75) is 12.8 Å². The van der Waals surface area contributed by atoms with Crippen molar-refractivity contribution in [1.29, 1.82) is 0 Å². The molecular weight excluding hydrogens is 436 g/mol. The number of rotatable bonds is 7. The summed E-state index contributed by atoms with van der Waals surface area (Å²) in [5.41, 5.74) is 0.614. The Morgan fingerprint density at radius 2 is 1.63 bits per heavy atom. The summed E-state index contributed by atoms with van der Waals surface area (Å²) in [4.78, 5) is 35.6. The normalized spacial score (nSPS) is 10.4. The van der Waals surface area contributed by atoms with Crippen molar-refractivity contribution in [1.82, 2.24) is 0 Å². The molecule has 5 nitrogen and oxygen atoms in total. The van der Waals surface area contributed by atoms with Crippen LogP contribution >= 0.6 is 46.4 Å². The van der Waals surface area contributed by atoms with Gasteiger partial charge in [-0.15, -0.1) is 0 Å². The van der Waals surface area contributed by atoms with Gasteiger partial charge in [-0.3, -0.25) is 14.4 Å². The van der Waals surface area contributed by atoms with E-state index in [1.807, 2.05) is 0 Å². The molecule has 0 atom stereocenters. The minimum atomic E-state index is -0.684. The van der Waals surface area contributed by atoms with Crippen LogP contribution in [0.5, 0.6) is 0 Å². The second-order valence-electron chi connectivity index (χ2n) is 5.36. The van der Waals surface area contributed by atoms with E-state index >= 15 is 0 Å². The highest BCUT2D eigenvalue weighted by Crippen LogP contribution is 2.29. The fourth-order valence-electron chi connectivity index (χ4n) is 2.00. The van der Waals surface area contributed by atoms with E-state index in [1.165, 1.54) is 18.2 Å². The first-order valence-corrected chi connectivity index (χ1v) is 9.17. The van der Waals surface area contributed by atoms with E-state index in [2.05, 4.69) is 5.32 Å². The highest BCUT2D eigenvalue weighted by molar-refractivity contribution is 6.44. The van der Waals surface area contributed by atoms with Gasteiger partial charge >= 0.3 is 5.97 Å². The third kappa shape index (κ3) is 6.40. The minimum absolute atomic E-state index is 0.136. The summed E-state index contributed by atoms with van der Waals surface area (Å²) >= 11 is 23.4. The quantitative estimate of drug-likeness (QED) is 0.451. The molecule has 142 valence electrons.